The van der Waals surface area contributed by atoms with Crippen LogP contribution in [0.3, 0.4) is 0 Å². The van der Waals surface area contributed by atoms with Gasteiger partial charge in [-0.25, -0.2) is 14.2 Å². The summed E-state index contributed by atoms with van der Waals surface area (Å²) in [5.41, 5.74) is -0.243. The molecule has 2 aliphatic rings. The van der Waals surface area contributed by atoms with Crippen LogP contribution in [0.15, 0.2) is 12.1 Å². The molecule has 1 N–H and O–H groups in total. The number of carbonyl (C=O) groups excluding carboxylic acids is 2. The summed E-state index contributed by atoms with van der Waals surface area (Å²) in [6, 6.07) is 3.32. The van der Waals surface area contributed by atoms with Gasteiger partial charge in [0.15, 0.2) is 0 Å². The summed E-state index contributed by atoms with van der Waals surface area (Å²) < 4.78 is 24.3. The van der Waals surface area contributed by atoms with Crippen molar-refractivity contribution in [1.29, 1.82) is 0 Å². The molecule has 0 radical (unpaired) electrons. The Morgan fingerprint density at radius 2 is 1.93 bits per heavy atom. The summed E-state index contributed by atoms with van der Waals surface area (Å²) in [7, 11) is 0. The van der Waals surface area contributed by atoms with Gasteiger partial charge in [0.25, 0.3) is 5.91 Å². The number of aromatic nitrogens is 1. The van der Waals surface area contributed by atoms with E-state index in [0.29, 0.717) is 50.0 Å². The van der Waals surface area contributed by atoms with Crippen molar-refractivity contribution in [3.8, 4) is 5.88 Å². The highest BCUT2D eigenvalue weighted by molar-refractivity contribution is 5.97. The normalized spacial score (nSPS) is 16.9. The predicted molar refractivity (Wildman–Crippen MR) is 107 cm³/mol. The topological polar surface area (TPSA) is 80.8 Å². The quantitative estimate of drug-likeness (QED) is 0.601. The van der Waals surface area contributed by atoms with E-state index in [1.54, 1.807) is 19.1 Å². The molecule has 2 fully saturated rings. The molecule has 0 atom stereocenters. The van der Waals surface area contributed by atoms with Crippen LogP contribution in [0.5, 0.6) is 5.88 Å². The van der Waals surface area contributed by atoms with Crippen molar-refractivity contribution in [2.75, 3.05) is 31.2 Å². The lowest BCUT2D eigenvalue weighted by Crippen LogP contribution is -2.54. The number of nitrogens with zero attached hydrogens (tertiary/aromatic N) is 2. The SMILES string of the molecule is CCOC(=O)C(CC)(CC)NC(=O)c1ccc(N2CC(F)C2)c(OCC2CC2)n1. The Morgan fingerprint density at radius 3 is 2.48 bits per heavy atom. The van der Waals surface area contributed by atoms with Crippen LogP contribution in [-0.4, -0.2) is 54.9 Å². The monoisotopic (exact) mass is 407 g/mol. The number of carbonyl (C=O) groups is 2. The first kappa shape index (κ1) is 21.3. The summed E-state index contributed by atoms with van der Waals surface area (Å²) in [5, 5.41) is 2.81. The fourth-order valence-corrected chi connectivity index (χ4v) is 3.33. The zero-order chi connectivity index (χ0) is 21.0. The van der Waals surface area contributed by atoms with Gasteiger partial charge in [-0.3, -0.25) is 4.79 Å². The van der Waals surface area contributed by atoms with Gasteiger partial charge in [0.05, 0.1) is 26.3 Å². The minimum Gasteiger partial charge on any atom is -0.476 e. The van der Waals surface area contributed by atoms with Gasteiger partial charge in [0.2, 0.25) is 5.88 Å². The van der Waals surface area contributed by atoms with Gasteiger partial charge in [0.1, 0.15) is 23.1 Å². The number of pyridine rings is 1. The molecule has 0 spiro atoms. The molecule has 0 aromatic carbocycles. The fraction of sp³-hybridized carbons (Fsp3) is 0.667. The highest BCUT2D eigenvalue weighted by Gasteiger charge is 2.39. The van der Waals surface area contributed by atoms with Gasteiger partial charge in [-0.2, -0.15) is 0 Å². The first-order chi connectivity index (χ1) is 13.9. The molecular weight excluding hydrogens is 377 g/mol. The summed E-state index contributed by atoms with van der Waals surface area (Å²) in [6.45, 7) is 6.77. The zero-order valence-corrected chi connectivity index (χ0v) is 17.4. The van der Waals surface area contributed by atoms with Crippen molar-refractivity contribution < 1.29 is 23.5 Å². The second kappa shape index (κ2) is 8.97. The van der Waals surface area contributed by atoms with Gasteiger partial charge < -0.3 is 19.7 Å². The third-order valence-electron chi connectivity index (χ3n) is 5.63. The second-order valence-electron chi connectivity index (χ2n) is 7.74. The predicted octanol–water partition coefficient (Wildman–Crippen LogP) is 2.88. The van der Waals surface area contributed by atoms with Crippen molar-refractivity contribution in [1.82, 2.24) is 10.3 Å². The number of rotatable bonds is 10. The smallest absolute Gasteiger partial charge is 0.331 e. The highest BCUT2D eigenvalue weighted by Crippen LogP contribution is 2.34. The lowest BCUT2D eigenvalue weighted by atomic mass is 9.92. The summed E-state index contributed by atoms with van der Waals surface area (Å²) in [6.07, 6.45) is 2.21. The highest BCUT2D eigenvalue weighted by atomic mass is 19.1. The molecule has 3 rings (SSSR count). The first-order valence-electron chi connectivity index (χ1n) is 10.4. The minimum atomic E-state index is -1.10. The van der Waals surface area contributed by atoms with E-state index >= 15 is 0 Å². The van der Waals surface area contributed by atoms with Crippen molar-refractivity contribution in [2.45, 2.75) is 58.2 Å². The standard InChI is InChI=1S/C21H30FN3O4/c1-4-21(5-2,20(27)28-6-3)24-18(26)16-9-10-17(25-11-15(22)12-25)19(23-16)29-13-14-7-8-14/h9-10,14-15H,4-8,11-13H2,1-3H3,(H,24,26). The molecule has 1 aliphatic heterocycles. The number of alkyl halides is 1. The molecule has 29 heavy (non-hydrogen) atoms. The molecule has 1 aromatic rings. The lowest BCUT2D eigenvalue weighted by molar-refractivity contribution is -0.151. The maximum atomic E-state index is 13.3. The van der Waals surface area contributed by atoms with E-state index < -0.39 is 23.6 Å². The maximum absolute atomic E-state index is 13.3. The zero-order valence-electron chi connectivity index (χ0n) is 17.4. The van der Waals surface area contributed by atoms with E-state index in [1.165, 1.54) is 0 Å². The van der Waals surface area contributed by atoms with Gasteiger partial charge in [-0.15, -0.1) is 0 Å². The molecule has 1 saturated heterocycles. The third kappa shape index (κ3) is 4.79. The Bertz CT molecular complexity index is 743. The van der Waals surface area contributed by atoms with Crippen LogP contribution in [0, 0.1) is 5.92 Å². The molecule has 160 valence electrons. The van der Waals surface area contributed by atoms with Gasteiger partial charge in [-0.05, 0) is 50.7 Å². The number of halogens is 1. The molecule has 2 heterocycles. The average molecular weight is 407 g/mol. The van der Waals surface area contributed by atoms with E-state index in [9.17, 15) is 14.0 Å². The summed E-state index contributed by atoms with van der Waals surface area (Å²) in [4.78, 5) is 31.6. The Hall–Kier alpha value is -2.38. The number of anilines is 1. The van der Waals surface area contributed by atoms with Crippen molar-refractivity contribution >= 4 is 17.6 Å². The summed E-state index contributed by atoms with van der Waals surface area (Å²) >= 11 is 0. The second-order valence-corrected chi connectivity index (χ2v) is 7.74. The van der Waals surface area contributed by atoms with Crippen molar-refractivity contribution in [3.05, 3.63) is 17.8 Å². The van der Waals surface area contributed by atoms with E-state index in [2.05, 4.69) is 10.3 Å². The Balaban J connectivity index is 1.79. The van der Waals surface area contributed by atoms with E-state index in [4.69, 9.17) is 9.47 Å². The molecule has 1 saturated carbocycles. The van der Waals surface area contributed by atoms with E-state index in [1.807, 2.05) is 18.7 Å². The van der Waals surface area contributed by atoms with Crippen LogP contribution in [0.2, 0.25) is 0 Å². The van der Waals surface area contributed by atoms with E-state index in [0.717, 1.165) is 12.8 Å². The Kier molecular flexibility index (Phi) is 6.59. The average Bonchev–Trinajstić information content (AvgIpc) is 3.52. The molecular formula is C21H30FN3O4. The van der Waals surface area contributed by atoms with Crippen molar-refractivity contribution in [3.63, 3.8) is 0 Å². The van der Waals surface area contributed by atoms with Crippen LogP contribution in [0.25, 0.3) is 0 Å². The minimum absolute atomic E-state index is 0.160. The van der Waals surface area contributed by atoms with Crippen LogP contribution in [0.4, 0.5) is 10.1 Å². The van der Waals surface area contributed by atoms with Gasteiger partial charge in [-0.1, -0.05) is 13.8 Å². The number of hydrogen-bond donors (Lipinski definition) is 1. The molecule has 1 amide bonds. The number of amides is 1. The number of esters is 1. The summed E-state index contributed by atoms with van der Waals surface area (Å²) in [5.74, 6) is -0.0541. The third-order valence-corrected chi connectivity index (χ3v) is 5.63. The van der Waals surface area contributed by atoms with E-state index in [-0.39, 0.29) is 12.3 Å². The van der Waals surface area contributed by atoms with Gasteiger partial charge in [0, 0.05) is 0 Å². The largest absolute Gasteiger partial charge is 0.476 e. The first-order valence-corrected chi connectivity index (χ1v) is 10.4. The van der Waals surface area contributed by atoms with Gasteiger partial charge >= 0.3 is 5.97 Å². The molecule has 1 aliphatic carbocycles. The van der Waals surface area contributed by atoms with Crippen molar-refractivity contribution in [2.24, 2.45) is 5.92 Å². The number of nitrogens with one attached hydrogen (secondary N) is 1. The molecule has 8 heteroatoms. The maximum Gasteiger partial charge on any atom is 0.331 e. The van der Waals surface area contributed by atoms with Crippen LogP contribution >= 0.6 is 0 Å². The lowest BCUT2D eigenvalue weighted by Gasteiger charge is -2.37. The molecule has 0 unspecified atom stereocenters. The van der Waals surface area contributed by atoms with Crippen LogP contribution < -0.4 is 15.0 Å². The molecule has 1 aromatic heterocycles. The molecule has 7 nitrogen and oxygen atoms in total. The van der Waals surface area contributed by atoms with Crippen LogP contribution in [0.1, 0.15) is 56.9 Å². The Morgan fingerprint density at radius 1 is 1.24 bits per heavy atom. The number of ether oxygens (including phenoxy) is 2. The Labute approximate surface area is 171 Å². The van der Waals surface area contributed by atoms with Crippen LogP contribution in [-0.2, 0) is 9.53 Å². The molecule has 0 bridgehead atoms. The fourth-order valence-electron chi connectivity index (χ4n) is 3.33. The number of hydrogen-bond acceptors (Lipinski definition) is 6.